The maximum atomic E-state index is 9.16. The smallest absolute Gasteiger partial charge is 0.488 e. The number of nitrogens with zero attached hydrogens (tertiary/aromatic N) is 1. The van der Waals surface area contributed by atoms with Crippen molar-refractivity contribution in [3.63, 3.8) is 0 Å². The molecule has 104 valence electrons. The summed E-state index contributed by atoms with van der Waals surface area (Å²) in [5.41, 5.74) is 2.07. The topological polar surface area (TPSA) is 71.8 Å². The lowest BCUT2D eigenvalue weighted by molar-refractivity contribution is 0.293. The van der Waals surface area contributed by atoms with Crippen LogP contribution < -0.4 is 14.9 Å². The van der Waals surface area contributed by atoms with Crippen molar-refractivity contribution in [3.05, 3.63) is 47.7 Å². The lowest BCUT2D eigenvalue weighted by Crippen LogP contribution is -2.31. The Morgan fingerprint density at radius 3 is 2.70 bits per heavy atom. The molecule has 2 rings (SSSR count). The second kappa shape index (κ2) is 6.41. The highest BCUT2D eigenvalue weighted by atomic mass is 16.5. The van der Waals surface area contributed by atoms with E-state index in [1.807, 2.05) is 12.1 Å². The number of rotatable bonds is 5. The number of methoxy groups -OCH3 is 1. The molecule has 2 N–H and O–H groups in total. The number of aromatic nitrogens is 1. The van der Waals surface area contributed by atoms with Gasteiger partial charge in [0, 0.05) is 6.20 Å². The summed E-state index contributed by atoms with van der Waals surface area (Å²) < 4.78 is 10.8. The number of hydrogen-bond donors (Lipinski definition) is 2. The summed E-state index contributed by atoms with van der Waals surface area (Å²) in [6.07, 6.45) is 1.66. The highest BCUT2D eigenvalue weighted by Gasteiger charge is 2.14. The van der Waals surface area contributed by atoms with Crippen LogP contribution in [0.2, 0.25) is 0 Å². The fourth-order valence-corrected chi connectivity index (χ4v) is 1.91. The van der Waals surface area contributed by atoms with Crippen molar-refractivity contribution in [2.24, 2.45) is 0 Å². The van der Waals surface area contributed by atoms with Crippen LogP contribution in [0.4, 0.5) is 0 Å². The molecular weight excluding hydrogens is 257 g/mol. The average molecular weight is 273 g/mol. The minimum Gasteiger partial charge on any atom is -0.489 e. The molecule has 0 spiro atoms. The Bertz CT molecular complexity index is 589. The van der Waals surface area contributed by atoms with Gasteiger partial charge in [0.25, 0.3) is 0 Å². The Hall–Kier alpha value is -2.05. The SMILES string of the molecule is COc1ncccc1COc1ccc(B(O)O)c(C)c1. The molecule has 0 unspecified atom stereocenters. The van der Waals surface area contributed by atoms with Gasteiger partial charge in [0.15, 0.2) is 0 Å². The first-order valence-electron chi connectivity index (χ1n) is 6.19. The first kappa shape index (κ1) is 14.4. The molecule has 0 saturated carbocycles. The number of benzene rings is 1. The van der Waals surface area contributed by atoms with E-state index in [1.54, 1.807) is 38.4 Å². The van der Waals surface area contributed by atoms with Crippen LogP contribution in [0.3, 0.4) is 0 Å². The van der Waals surface area contributed by atoms with Crippen molar-refractivity contribution in [1.29, 1.82) is 0 Å². The Morgan fingerprint density at radius 1 is 1.25 bits per heavy atom. The van der Waals surface area contributed by atoms with E-state index in [4.69, 9.17) is 19.5 Å². The van der Waals surface area contributed by atoms with Gasteiger partial charge in [-0.05, 0) is 42.2 Å². The third kappa shape index (κ3) is 3.29. The predicted octanol–water partition coefficient (Wildman–Crippen LogP) is 0.657. The van der Waals surface area contributed by atoms with Crippen LogP contribution in [0.1, 0.15) is 11.1 Å². The highest BCUT2D eigenvalue weighted by molar-refractivity contribution is 6.59. The van der Waals surface area contributed by atoms with Crippen LogP contribution in [-0.4, -0.2) is 29.3 Å². The van der Waals surface area contributed by atoms with Gasteiger partial charge in [0.1, 0.15) is 12.4 Å². The second-order valence-corrected chi connectivity index (χ2v) is 4.35. The first-order chi connectivity index (χ1) is 9.61. The molecule has 0 aliphatic carbocycles. The van der Waals surface area contributed by atoms with Crippen molar-refractivity contribution in [3.8, 4) is 11.6 Å². The van der Waals surface area contributed by atoms with Gasteiger partial charge in [-0.3, -0.25) is 0 Å². The summed E-state index contributed by atoms with van der Waals surface area (Å²) in [4.78, 5) is 4.10. The zero-order valence-corrected chi connectivity index (χ0v) is 11.4. The Morgan fingerprint density at radius 2 is 2.05 bits per heavy atom. The number of aryl methyl sites for hydroxylation is 1. The molecule has 0 saturated heterocycles. The summed E-state index contributed by atoms with van der Waals surface area (Å²) in [6, 6.07) is 8.79. The van der Waals surface area contributed by atoms with Crippen LogP contribution in [0.5, 0.6) is 11.6 Å². The molecule has 0 bridgehead atoms. The fourth-order valence-electron chi connectivity index (χ4n) is 1.91. The maximum absolute atomic E-state index is 9.16. The Kier molecular flexibility index (Phi) is 4.60. The van der Waals surface area contributed by atoms with Gasteiger partial charge in [-0.15, -0.1) is 0 Å². The molecule has 0 amide bonds. The summed E-state index contributed by atoms with van der Waals surface area (Å²) in [7, 11) is 0.0930. The van der Waals surface area contributed by atoms with E-state index in [-0.39, 0.29) is 0 Å². The number of hydrogen-bond acceptors (Lipinski definition) is 5. The zero-order chi connectivity index (χ0) is 14.5. The second-order valence-electron chi connectivity index (χ2n) is 4.35. The minimum atomic E-state index is -1.47. The molecular formula is C14H16BNO4. The maximum Gasteiger partial charge on any atom is 0.488 e. The van der Waals surface area contributed by atoms with E-state index in [2.05, 4.69) is 4.98 Å². The van der Waals surface area contributed by atoms with Gasteiger partial charge in [0.2, 0.25) is 5.88 Å². The van der Waals surface area contributed by atoms with Crippen LogP contribution >= 0.6 is 0 Å². The normalized spacial score (nSPS) is 10.2. The third-order valence-corrected chi connectivity index (χ3v) is 2.96. The lowest BCUT2D eigenvalue weighted by atomic mass is 9.77. The molecule has 2 aromatic rings. The van der Waals surface area contributed by atoms with Crippen LogP contribution in [0.15, 0.2) is 36.5 Å². The van der Waals surface area contributed by atoms with Gasteiger partial charge in [-0.25, -0.2) is 4.98 Å². The first-order valence-corrected chi connectivity index (χ1v) is 6.19. The quantitative estimate of drug-likeness (QED) is 0.783. The van der Waals surface area contributed by atoms with E-state index in [9.17, 15) is 0 Å². The fraction of sp³-hybridized carbons (Fsp3) is 0.214. The largest absolute Gasteiger partial charge is 0.489 e. The van der Waals surface area contributed by atoms with Crippen LogP contribution in [0, 0.1) is 6.92 Å². The van der Waals surface area contributed by atoms with E-state index in [0.717, 1.165) is 11.1 Å². The van der Waals surface area contributed by atoms with Gasteiger partial charge in [-0.1, -0.05) is 6.07 Å². The molecule has 0 aliphatic rings. The summed E-state index contributed by atoms with van der Waals surface area (Å²) in [5.74, 6) is 1.18. The van der Waals surface area contributed by atoms with Gasteiger partial charge in [-0.2, -0.15) is 0 Å². The molecule has 6 heteroatoms. The number of pyridine rings is 1. The molecule has 1 aromatic heterocycles. The van der Waals surface area contributed by atoms with Gasteiger partial charge >= 0.3 is 7.12 Å². The molecule has 20 heavy (non-hydrogen) atoms. The molecule has 0 fully saturated rings. The molecule has 5 nitrogen and oxygen atoms in total. The van der Waals surface area contributed by atoms with E-state index in [0.29, 0.717) is 23.7 Å². The van der Waals surface area contributed by atoms with Crippen LogP contribution in [0.25, 0.3) is 0 Å². The minimum absolute atomic E-state index is 0.331. The van der Waals surface area contributed by atoms with Crippen molar-refractivity contribution in [2.75, 3.05) is 7.11 Å². The lowest BCUT2D eigenvalue weighted by Gasteiger charge is -2.11. The molecule has 0 atom stereocenters. The predicted molar refractivity (Wildman–Crippen MR) is 76.1 cm³/mol. The van der Waals surface area contributed by atoms with Gasteiger partial charge < -0.3 is 19.5 Å². The summed E-state index contributed by atoms with van der Waals surface area (Å²) in [6.45, 7) is 2.13. The molecule has 1 aromatic carbocycles. The molecule has 0 aliphatic heterocycles. The van der Waals surface area contributed by atoms with Gasteiger partial charge in [0.05, 0.1) is 12.7 Å². The summed E-state index contributed by atoms with van der Waals surface area (Å²) in [5, 5.41) is 18.3. The van der Waals surface area contributed by atoms with E-state index < -0.39 is 7.12 Å². The van der Waals surface area contributed by atoms with Crippen molar-refractivity contribution in [2.45, 2.75) is 13.5 Å². The number of ether oxygens (including phenoxy) is 2. The molecule has 0 radical (unpaired) electrons. The standard InChI is InChI=1S/C14H16BNO4/c1-10-8-12(5-6-13(10)15(17)18)20-9-11-4-3-7-16-14(11)19-2/h3-8,17-18H,9H2,1-2H3. The molecule has 1 heterocycles. The average Bonchev–Trinajstić information content (AvgIpc) is 2.45. The summed E-state index contributed by atoms with van der Waals surface area (Å²) >= 11 is 0. The highest BCUT2D eigenvalue weighted by Crippen LogP contribution is 2.18. The van der Waals surface area contributed by atoms with Crippen molar-refractivity contribution >= 4 is 12.6 Å². The van der Waals surface area contributed by atoms with Crippen molar-refractivity contribution < 1.29 is 19.5 Å². The van der Waals surface area contributed by atoms with E-state index in [1.165, 1.54) is 0 Å². The zero-order valence-electron chi connectivity index (χ0n) is 11.4. The van der Waals surface area contributed by atoms with Crippen LogP contribution in [-0.2, 0) is 6.61 Å². The third-order valence-electron chi connectivity index (χ3n) is 2.96. The van der Waals surface area contributed by atoms with E-state index >= 15 is 0 Å². The Balaban J connectivity index is 2.09. The van der Waals surface area contributed by atoms with Crippen molar-refractivity contribution in [1.82, 2.24) is 4.98 Å². The Labute approximate surface area is 118 Å². The monoisotopic (exact) mass is 273 g/mol.